The maximum Gasteiger partial charge on any atom is 0.0121 e. The molecular formula is C14H21N. The summed E-state index contributed by atoms with van der Waals surface area (Å²) in [6, 6.07) is 11.7. The van der Waals surface area contributed by atoms with Crippen LogP contribution in [0.1, 0.15) is 25.3 Å². The lowest BCUT2D eigenvalue weighted by atomic mass is 9.92. The van der Waals surface area contributed by atoms with E-state index in [1.165, 1.54) is 31.4 Å². The van der Waals surface area contributed by atoms with Crippen molar-refractivity contribution >= 4 is 0 Å². The third-order valence-electron chi connectivity index (χ3n) is 3.63. The maximum atomic E-state index is 2.52. The van der Waals surface area contributed by atoms with Crippen LogP contribution in [0.2, 0.25) is 0 Å². The van der Waals surface area contributed by atoms with Crippen LogP contribution in [0.5, 0.6) is 0 Å². The van der Waals surface area contributed by atoms with Gasteiger partial charge in [-0.05, 0) is 44.3 Å². The molecule has 0 amide bonds. The monoisotopic (exact) mass is 203 g/mol. The molecule has 1 aromatic carbocycles. The van der Waals surface area contributed by atoms with E-state index in [2.05, 4.69) is 49.2 Å². The molecule has 1 aliphatic heterocycles. The van der Waals surface area contributed by atoms with E-state index in [0.29, 0.717) is 0 Å². The molecule has 82 valence electrons. The van der Waals surface area contributed by atoms with Crippen molar-refractivity contribution in [1.29, 1.82) is 0 Å². The zero-order valence-electron chi connectivity index (χ0n) is 9.82. The second kappa shape index (κ2) is 4.80. The summed E-state index contributed by atoms with van der Waals surface area (Å²) in [5, 5.41) is 0. The van der Waals surface area contributed by atoms with Gasteiger partial charge in [-0.15, -0.1) is 0 Å². The van der Waals surface area contributed by atoms with Crippen molar-refractivity contribution in [2.24, 2.45) is 5.92 Å². The summed E-state index contributed by atoms with van der Waals surface area (Å²) in [7, 11) is 2.26. The molecule has 15 heavy (non-hydrogen) atoms. The molecule has 2 atom stereocenters. The third kappa shape index (κ3) is 2.60. The highest BCUT2D eigenvalue weighted by atomic mass is 15.1. The van der Waals surface area contributed by atoms with Crippen LogP contribution in [0.3, 0.4) is 0 Å². The molecule has 1 aliphatic rings. The molecule has 0 aromatic heterocycles. The van der Waals surface area contributed by atoms with Crippen molar-refractivity contribution in [3.63, 3.8) is 0 Å². The van der Waals surface area contributed by atoms with Crippen molar-refractivity contribution in [3.05, 3.63) is 35.9 Å². The SMILES string of the molecule is C[C@@H](Cc1ccccc1)[C@@H]1CCCN1C. The quantitative estimate of drug-likeness (QED) is 0.730. The standard InChI is InChI=1S/C14H21N/c1-12(14-9-6-10-15(14)2)11-13-7-4-3-5-8-13/h3-5,7-8,12,14H,6,9-11H2,1-2H3/t12-,14-/m0/s1. The molecule has 0 saturated carbocycles. The number of hydrogen-bond acceptors (Lipinski definition) is 1. The molecule has 1 fully saturated rings. The molecule has 0 N–H and O–H groups in total. The van der Waals surface area contributed by atoms with E-state index >= 15 is 0 Å². The lowest BCUT2D eigenvalue weighted by molar-refractivity contribution is 0.237. The lowest BCUT2D eigenvalue weighted by Crippen LogP contribution is -2.32. The smallest absolute Gasteiger partial charge is 0.0121 e. The van der Waals surface area contributed by atoms with Gasteiger partial charge in [0.05, 0.1) is 0 Å². The molecule has 2 rings (SSSR count). The fourth-order valence-corrected chi connectivity index (χ4v) is 2.78. The molecule has 0 bridgehead atoms. The molecule has 0 spiro atoms. The highest BCUT2D eigenvalue weighted by Gasteiger charge is 2.25. The molecule has 1 heterocycles. The van der Waals surface area contributed by atoms with Crippen LogP contribution in [0.4, 0.5) is 0 Å². The molecule has 1 heteroatoms. The summed E-state index contributed by atoms with van der Waals surface area (Å²) in [6.07, 6.45) is 3.97. The van der Waals surface area contributed by atoms with Gasteiger partial charge in [-0.3, -0.25) is 0 Å². The summed E-state index contributed by atoms with van der Waals surface area (Å²) in [5.74, 6) is 0.778. The van der Waals surface area contributed by atoms with Crippen molar-refractivity contribution in [1.82, 2.24) is 4.90 Å². The minimum Gasteiger partial charge on any atom is -0.303 e. The van der Waals surface area contributed by atoms with E-state index in [1.54, 1.807) is 0 Å². The maximum absolute atomic E-state index is 2.52. The van der Waals surface area contributed by atoms with Crippen molar-refractivity contribution in [3.8, 4) is 0 Å². The van der Waals surface area contributed by atoms with Crippen molar-refractivity contribution in [2.75, 3.05) is 13.6 Å². The summed E-state index contributed by atoms with van der Waals surface area (Å²) in [6.45, 7) is 3.67. The first-order valence-corrected chi connectivity index (χ1v) is 6.01. The highest BCUT2D eigenvalue weighted by molar-refractivity contribution is 5.15. The van der Waals surface area contributed by atoms with Crippen molar-refractivity contribution < 1.29 is 0 Å². The van der Waals surface area contributed by atoms with Crippen LogP contribution in [0.25, 0.3) is 0 Å². The Balaban J connectivity index is 1.94. The molecule has 1 saturated heterocycles. The average Bonchev–Trinajstić information content (AvgIpc) is 2.66. The van der Waals surface area contributed by atoms with Gasteiger partial charge in [0.25, 0.3) is 0 Å². The van der Waals surface area contributed by atoms with Crippen LogP contribution in [0, 0.1) is 5.92 Å². The predicted octanol–water partition coefficient (Wildman–Crippen LogP) is 2.96. The highest BCUT2D eigenvalue weighted by Crippen LogP contribution is 2.24. The number of rotatable bonds is 3. The first-order chi connectivity index (χ1) is 7.27. The van der Waals surface area contributed by atoms with E-state index in [-0.39, 0.29) is 0 Å². The largest absolute Gasteiger partial charge is 0.303 e. The zero-order chi connectivity index (χ0) is 10.7. The molecule has 1 aromatic rings. The van der Waals surface area contributed by atoms with Gasteiger partial charge in [0.2, 0.25) is 0 Å². The average molecular weight is 203 g/mol. The normalized spacial score (nSPS) is 24.3. The van der Waals surface area contributed by atoms with Gasteiger partial charge in [0.15, 0.2) is 0 Å². The summed E-state index contributed by atoms with van der Waals surface area (Å²) in [4.78, 5) is 2.52. The molecular weight excluding hydrogens is 182 g/mol. The Bertz CT molecular complexity index is 293. The molecule has 1 nitrogen and oxygen atoms in total. The first-order valence-electron chi connectivity index (χ1n) is 6.01. The van der Waals surface area contributed by atoms with E-state index in [0.717, 1.165) is 12.0 Å². The minimum atomic E-state index is 0.778. The Labute approximate surface area is 93.1 Å². The van der Waals surface area contributed by atoms with Gasteiger partial charge in [-0.1, -0.05) is 37.3 Å². The molecule has 0 unspecified atom stereocenters. The van der Waals surface area contributed by atoms with Gasteiger partial charge in [-0.25, -0.2) is 0 Å². The Morgan fingerprint density at radius 2 is 2.07 bits per heavy atom. The van der Waals surface area contributed by atoms with Crippen LogP contribution >= 0.6 is 0 Å². The molecule has 0 aliphatic carbocycles. The van der Waals surface area contributed by atoms with E-state index in [4.69, 9.17) is 0 Å². The van der Waals surface area contributed by atoms with Crippen molar-refractivity contribution in [2.45, 2.75) is 32.2 Å². The first kappa shape index (κ1) is 10.7. The summed E-state index contributed by atoms with van der Waals surface area (Å²) in [5.41, 5.74) is 1.48. The van der Waals surface area contributed by atoms with Gasteiger partial charge in [0.1, 0.15) is 0 Å². The Hall–Kier alpha value is -0.820. The summed E-state index contributed by atoms with van der Waals surface area (Å²) < 4.78 is 0. The number of hydrogen-bond donors (Lipinski definition) is 0. The van der Waals surface area contributed by atoms with Gasteiger partial charge in [0, 0.05) is 6.04 Å². The Morgan fingerprint density at radius 3 is 2.67 bits per heavy atom. The van der Waals surface area contributed by atoms with E-state index in [9.17, 15) is 0 Å². The number of likely N-dealkylation sites (tertiary alicyclic amines) is 1. The van der Waals surface area contributed by atoms with Gasteiger partial charge >= 0.3 is 0 Å². The van der Waals surface area contributed by atoms with E-state index < -0.39 is 0 Å². The third-order valence-corrected chi connectivity index (χ3v) is 3.63. The summed E-state index contributed by atoms with van der Waals surface area (Å²) >= 11 is 0. The predicted molar refractivity (Wildman–Crippen MR) is 65.0 cm³/mol. The fourth-order valence-electron chi connectivity index (χ4n) is 2.78. The Kier molecular flexibility index (Phi) is 3.42. The lowest BCUT2D eigenvalue weighted by Gasteiger charge is -2.26. The van der Waals surface area contributed by atoms with Crippen LogP contribution < -0.4 is 0 Å². The Morgan fingerprint density at radius 1 is 1.33 bits per heavy atom. The van der Waals surface area contributed by atoms with Crippen LogP contribution in [-0.4, -0.2) is 24.5 Å². The second-order valence-electron chi connectivity index (χ2n) is 4.86. The van der Waals surface area contributed by atoms with Gasteiger partial charge in [-0.2, -0.15) is 0 Å². The molecule has 0 radical (unpaired) electrons. The van der Waals surface area contributed by atoms with Crippen LogP contribution in [0.15, 0.2) is 30.3 Å². The van der Waals surface area contributed by atoms with Gasteiger partial charge < -0.3 is 4.90 Å². The van der Waals surface area contributed by atoms with Crippen LogP contribution in [-0.2, 0) is 6.42 Å². The van der Waals surface area contributed by atoms with E-state index in [1.807, 2.05) is 0 Å². The number of nitrogens with zero attached hydrogens (tertiary/aromatic N) is 1. The topological polar surface area (TPSA) is 3.24 Å². The second-order valence-corrected chi connectivity index (χ2v) is 4.86. The number of benzene rings is 1. The zero-order valence-corrected chi connectivity index (χ0v) is 9.82. The minimum absolute atomic E-state index is 0.778. The fraction of sp³-hybridized carbons (Fsp3) is 0.571.